The van der Waals surface area contributed by atoms with Gasteiger partial charge in [-0.3, -0.25) is 14.9 Å². The number of nitro groups is 1. The molecule has 1 N–H and O–H groups in total. The molecule has 0 radical (unpaired) electrons. The van der Waals surface area contributed by atoms with Crippen molar-refractivity contribution < 1.29 is 14.1 Å². The number of carbonyl (C=O) groups is 1. The molecule has 0 bridgehead atoms. The van der Waals surface area contributed by atoms with E-state index in [4.69, 9.17) is 11.6 Å². The van der Waals surface area contributed by atoms with Crippen molar-refractivity contribution in [2.45, 2.75) is 10.6 Å². The average molecular weight is 417 g/mol. The number of hydrogen-bond acceptors (Lipinski definition) is 4. The molecule has 0 fully saturated rings. The number of rotatable bonds is 6. The Balaban J connectivity index is 1.62. The molecule has 0 aliphatic carbocycles. The SMILES string of the molecule is O=C(Nc1ccc(F)c([N+](=O)[O-])c1)c1ccc(CSc2ccc(Cl)cc2)cc1. The number of amides is 1. The third-order valence-corrected chi connectivity index (χ3v) is 5.17. The summed E-state index contributed by atoms with van der Waals surface area (Å²) in [6.45, 7) is 0. The molecule has 0 aromatic heterocycles. The normalized spacial score (nSPS) is 10.5. The van der Waals surface area contributed by atoms with Crippen molar-refractivity contribution in [1.82, 2.24) is 0 Å². The molecule has 142 valence electrons. The highest BCUT2D eigenvalue weighted by Gasteiger charge is 2.15. The van der Waals surface area contributed by atoms with Gasteiger partial charge in [-0.15, -0.1) is 11.8 Å². The molecule has 8 heteroatoms. The Morgan fingerprint density at radius 2 is 1.75 bits per heavy atom. The molecular formula is C20H14ClFN2O3S. The number of nitro benzene ring substituents is 1. The van der Waals surface area contributed by atoms with Crippen LogP contribution in [0.3, 0.4) is 0 Å². The van der Waals surface area contributed by atoms with Gasteiger partial charge in [0, 0.05) is 33.0 Å². The standard InChI is InChI=1S/C20H14ClFN2O3S/c21-15-5-8-17(9-6-15)28-12-13-1-3-14(4-2-13)20(25)23-16-7-10-18(22)19(11-16)24(26)27/h1-11H,12H2,(H,23,25). The summed E-state index contributed by atoms with van der Waals surface area (Å²) in [5.74, 6) is -0.656. The Kier molecular flexibility index (Phi) is 6.28. The molecule has 0 atom stereocenters. The summed E-state index contributed by atoms with van der Waals surface area (Å²) in [5.41, 5.74) is 0.897. The van der Waals surface area contributed by atoms with Crippen LogP contribution in [0, 0.1) is 15.9 Å². The molecule has 3 rings (SSSR count). The van der Waals surface area contributed by atoms with E-state index in [1.165, 1.54) is 6.07 Å². The Labute approximate surface area is 169 Å². The molecule has 0 spiro atoms. The monoisotopic (exact) mass is 416 g/mol. The van der Waals surface area contributed by atoms with E-state index >= 15 is 0 Å². The van der Waals surface area contributed by atoms with Crippen LogP contribution in [-0.4, -0.2) is 10.8 Å². The zero-order valence-corrected chi connectivity index (χ0v) is 16.0. The highest BCUT2D eigenvalue weighted by atomic mass is 35.5. The van der Waals surface area contributed by atoms with Crippen LogP contribution in [0.2, 0.25) is 5.02 Å². The van der Waals surface area contributed by atoms with Crippen molar-refractivity contribution >= 4 is 40.6 Å². The molecule has 5 nitrogen and oxygen atoms in total. The van der Waals surface area contributed by atoms with E-state index in [0.29, 0.717) is 10.6 Å². The van der Waals surface area contributed by atoms with Gasteiger partial charge in [-0.05, 0) is 54.1 Å². The maximum absolute atomic E-state index is 13.4. The summed E-state index contributed by atoms with van der Waals surface area (Å²) in [4.78, 5) is 23.4. The summed E-state index contributed by atoms with van der Waals surface area (Å²) in [6, 6.07) is 17.8. The predicted molar refractivity (Wildman–Crippen MR) is 108 cm³/mol. The van der Waals surface area contributed by atoms with Gasteiger partial charge in [0.15, 0.2) is 0 Å². The molecule has 3 aromatic rings. The molecule has 0 heterocycles. The zero-order chi connectivity index (χ0) is 20.1. The lowest BCUT2D eigenvalue weighted by Gasteiger charge is -2.07. The number of carbonyl (C=O) groups excluding carboxylic acids is 1. The van der Waals surface area contributed by atoms with Crippen LogP contribution in [0.1, 0.15) is 15.9 Å². The van der Waals surface area contributed by atoms with Crippen LogP contribution >= 0.6 is 23.4 Å². The molecule has 0 aliphatic rings. The van der Waals surface area contributed by atoms with Crippen LogP contribution in [0.15, 0.2) is 71.6 Å². The van der Waals surface area contributed by atoms with E-state index in [-0.39, 0.29) is 5.69 Å². The van der Waals surface area contributed by atoms with E-state index in [9.17, 15) is 19.3 Å². The highest BCUT2D eigenvalue weighted by molar-refractivity contribution is 7.98. The second-order valence-electron chi connectivity index (χ2n) is 5.82. The first kappa shape index (κ1) is 19.9. The van der Waals surface area contributed by atoms with Crippen LogP contribution in [0.25, 0.3) is 0 Å². The Hall–Kier alpha value is -2.90. The molecule has 0 saturated carbocycles. The number of nitrogens with one attached hydrogen (secondary N) is 1. The molecular weight excluding hydrogens is 403 g/mol. The second-order valence-corrected chi connectivity index (χ2v) is 7.30. The lowest BCUT2D eigenvalue weighted by atomic mass is 10.1. The first-order valence-electron chi connectivity index (χ1n) is 8.15. The fourth-order valence-corrected chi connectivity index (χ4v) is 3.36. The highest BCUT2D eigenvalue weighted by Crippen LogP contribution is 2.25. The fourth-order valence-electron chi connectivity index (χ4n) is 2.38. The number of hydrogen-bond donors (Lipinski definition) is 1. The summed E-state index contributed by atoms with van der Waals surface area (Å²) >= 11 is 7.51. The van der Waals surface area contributed by atoms with Gasteiger partial charge in [-0.2, -0.15) is 4.39 Å². The lowest BCUT2D eigenvalue weighted by molar-refractivity contribution is -0.387. The van der Waals surface area contributed by atoms with Gasteiger partial charge in [0.1, 0.15) is 0 Å². The van der Waals surface area contributed by atoms with E-state index in [1.54, 1.807) is 23.9 Å². The van der Waals surface area contributed by atoms with Gasteiger partial charge >= 0.3 is 5.69 Å². The Morgan fingerprint density at radius 3 is 2.39 bits per heavy atom. The van der Waals surface area contributed by atoms with Gasteiger partial charge < -0.3 is 5.32 Å². The lowest BCUT2D eigenvalue weighted by Crippen LogP contribution is -2.12. The van der Waals surface area contributed by atoms with Crippen molar-refractivity contribution in [2.75, 3.05) is 5.32 Å². The molecule has 28 heavy (non-hydrogen) atoms. The first-order valence-corrected chi connectivity index (χ1v) is 9.51. The molecule has 1 amide bonds. The first-order chi connectivity index (χ1) is 13.4. The van der Waals surface area contributed by atoms with Gasteiger partial charge in [-0.25, -0.2) is 0 Å². The van der Waals surface area contributed by atoms with Crippen LogP contribution < -0.4 is 5.32 Å². The van der Waals surface area contributed by atoms with Crippen LogP contribution in [0.5, 0.6) is 0 Å². The molecule has 0 aliphatic heterocycles. The van der Waals surface area contributed by atoms with E-state index in [0.717, 1.165) is 28.3 Å². The quantitative estimate of drug-likeness (QED) is 0.307. The van der Waals surface area contributed by atoms with Gasteiger partial charge in [0.05, 0.1) is 4.92 Å². The van der Waals surface area contributed by atoms with E-state index in [2.05, 4.69) is 5.32 Å². The second kappa shape index (κ2) is 8.86. The minimum atomic E-state index is -0.953. The number of anilines is 1. The van der Waals surface area contributed by atoms with E-state index < -0.39 is 22.3 Å². The largest absolute Gasteiger partial charge is 0.322 e. The number of halogens is 2. The number of thioether (sulfide) groups is 1. The number of nitrogens with zero attached hydrogens (tertiary/aromatic N) is 1. The summed E-state index contributed by atoms with van der Waals surface area (Å²) in [5, 5.41) is 14.0. The maximum atomic E-state index is 13.4. The van der Waals surface area contributed by atoms with Gasteiger partial charge in [0.2, 0.25) is 5.82 Å². The smallest absolute Gasteiger partial charge is 0.306 e. The zero-order valence-electron chi connectivity index (χ0n) is 14.4. The van der Waals surface area contributed by atoms with Gasteiger partial charge in [-0.1, -0.05) is 23.7 Å². The predicted octanol–water partition coefficient (Wildman–Crippen LogP) is 5.93. The summed E-state index contributed by atoms with van der Waals surface area (Å²) in [7, 11) is 0. The number of benzene rings is 3. The third-order valence-electron chi connectivity index (χ3n) is 3.84. The Bertz CT molecular complexity index is 1010. The minimum absolute atomic E-state index is 0.153. The minimum Gasteiger partial charge on any atom is -0.322 e. The van der Waals surface area contributed by atoms with Gasteiger partial charge in [0.25, 0.3) is 5.91 Å². The summed E-state index contributed by atoms with van der Waals surface area (Å²) in [6.07, 6.45) is 0. The van der Waals surface area contributed by atoms with Crippen molar-refractivity contribution in [3.63, 3.8) is 0 Å². The Morgan fingerprint density at radius 1 is 1.07 bits per heavy atom. The van der Waals surface area contributed by atoms with Crippen molar-refractivity contribution in [3.8, 4) is 0 Å². The molecule has 0 unspecified atom stereocenters. The van der Waals surface area contributed by atoms with Crippen LogP contribution in [0.4, 0.5) is 15.8 Å². The van der Waals surface area contributed by atoms with Crippen molar-refractivity contribution in [3.05, 3.63) is 98.8 Å². The van der Waals surface area contributed by atoms with Crippen molar-refractivity contribution in [2.24, 2.45) is 0 Å². The third kappa shape index (κ3) is 5.09. The topological polar surface area (TPSA) is 72.2 Å². The van der Waals surface area contributed by atoms with Crippen molar-refractivity contribution in [1.29, 1.82) is 0 Å². The molecule has 3 aromatic carbocycles. The van der Waals surface area contributed by atoms with E-state index in [1.807, 2.05) is 36.4 Å². The fraction of sp³-hybridized carbons (Fsp3) is 0.0500. The maximum Gasteiger partial charge on any atom is 0.306 e. The summed E-state index contributed by atoms with van der Waals surface area (Å²) < 4.78 is 13.4. The molecule has 0 saturated heterocycles. The average Bonchev–Trinajstić information content (AvgIpc) is 2.69. The van der Waals surface area contributed by atoms with Crippen LogP contribution in [-0.2, 0) is 5.75 Å².